The minimum absolute atomic E-state index is 0.136. The topological polar surface area (TPSA) is 128 Å². The molecule has 0 radical (unpaired) electrons. The van der Waals surface area contributed by atoms with Gasteiger partial charge in [0.25, 0.3) is 0 Å². The lowest BCUT2D eigenvalue weighted by molar-refractivity contribution is -0.137. The van der Waals surface area contributed by atoms with Crippen molar-refractivity contribution in [3.63, 3.8) is 0 Å². The van der Waals surface area contributed by atoms with E-state index in [1.807, 2.05) is 6.92 Å². The molecule has 176 valence electrons. The highest BCUT2D eigenvalue weighted by molar-refractivity contribution is 5.72. The maximum atomic E-state index is 12.3. The number of carbonyl (C=O) groups is 1. The van der Waals surface area contributed by atoms with Gasteiger partial charge < -0.3 is 24.8 Å². The highest BCUT2D eigenvalue weighted by Crippen LogP contribution is 2.35. The lowest BCUT2D eigenvalue weighted by atomic mass is 10.1. The molecule has 33 heavy (non-hydrogen) atoms. The maximum Gasteiger partial charge on any atom is 0.407 e. The molecule has 13 heteroatoms. The molecule has 0 aromatic carbocycles. The van der Waals surface area contributed by atoms with E-state index in [9.17, 15) is 13.6 Å². The second kappa shape index (κ2) is 8.56. The van der Waals surface area contributed by atoms with Crippen LogP contribution < -0.4 is 10.6 Å². The highest BCUT2D eigenvalue weighted by atomic mass is 19.3. The number of H-pyrrole nitrogens is 1. The van der Waals surface area contributed by atoms with Crippen LogP contribution in [0.3, 0.4) is 0 Å². The molecule has 1 saturated carbocycles. The average Bonchev–Trinajstić information content (AvgIpc) is 3.19. The van der Waals surface area contributed by atoms with E-state index >= 15 is 0 Å². The number of hydrogen-bond acceptors (Lipinski definition) is 8. The van der Waals surface area contributed by atoms with Crippen molar-refractivity contribution >= 4 is 23.2 Å². The first kappa shape index (κ1) is 21.5. The van der Waals surface area contributed by atoms with E-state index < -0.39 is 12.7 Å². The van der Waals surface area contributed by atoms with Gasteiger partial charge in [-0.3, -0.25) is 5.10 Å². The minimum Gasteiger partial charge on any atom is -0.444 e. The lowest BCUT2D eigenvalue weighted by Gasteiger charge is -2.15. The van der Waals surface area contributed by atoms with Gasteiger partial charge >= 0.3 is 12.7 Å². The van der Waals surface area contributed by atoms with Crippen LogP contribution in [-0.2, 0) is 20.8 Å². The summed E-state index contributed by atoms with van der Waals surface area (Å²) in [4.78, 5) is 16.3. The van der Waals surface area contributed by atoms with Crippen molar-refractivity contribution in [1.82, 2.24) is 30.1 Å². The number of carbonyl (C=O) groups excluding carboxylic acids is 1. The molecular formula is C20H23F2N7O4. The summed E-state index contributed by atoms with van der Waals surface area (Å²) in [6.45, 7) is -0.896. The zero-order chi connectivity index (χ0) is 23.0. The first-order valence-corrected chi connectivity index (χ1v) is 10.5. The Labute approximate surface area is 186 Å². The average molecular weight is 463 g/mol. The van der Waals surface area contributed by atoms with Gasteiger partial charge in [0.2, 0.25) is 0 Å². The number of nitrogens with zero attached hydrogens (tertiary/aromatic N) is 4. The molecule has 4 heterocycles. The third kappa shape index (κ3) is 5.03. The van der Waals surface area contributed by atoms with E-state index in [0.717, 1.165) is 18.5 Å². The van der Waals surface area contributed by atoms with Gasteiger partial charge in [0.15, 0.2) is 11.6 Å². The second-order valence-corrected chi connectivity index (χ2v) is 8.42. The summed E-state index contributed by atoms with van der Waals surface area (Å²) in [5.41, 5.74) is 1.52. The van der Waals surface area contributed by atoms with Crippen LogP contribution in [0.5, 0.6) is 0 Å². The van der Waals surface area contributed by atoms with Crippen molar-refractivity contribution in [3.8, 4) is 0 Å². The predicted molar refractivity (Wildman–Crippen MR) is 110 cm³/mol. The lowest BCUT2D eigenvalue weighted by Crippen LogP contribution is -2.37. The fourth-order valence-electron chi connectivity index (χ4n) is 3.61. The Kier molecular flexibility index (Phi) is 5.58. The molecule has 1 aliphatic carbocycles. The third-order valence-corrected chi connectivity index (χ3v) is 5.63. The number of aromatic nitrogens is 5. The van der Waals surface area contributed by atoms with Crippen LogP contribution in [0.2, 0.25) is 0 Å². The van der Waals surface area contributed by atoms with E-state index in [-0.39, 0.29) is 24.4 Å². The van der Waals surface area contributed by atoms with Gasteiger partial charge in [-0.05, 0) is 25.8 Å². The Morgan fingerprint density at radius 1 is 1.42 bits per heavy atom. The normalized spacial score (nSPS) is 21.5. The zero-order valence-corrected chi connectivity index (χ0v) is 17.8. The molecule has 1 saturated heterocycles. The summed E-state index contributed by atoms with van der Waals surface area (Å²) in [6, 6.07) is 3.39. The summed E-state index contributed by atoms with van der Waals surface area (Å²) in [5, 5.41) is 17.3. The smallest absolute Gasteiger partial charge is 0.407 e. The van der Waals surface area contributed by atoms with Crippen LogP contribution in [-0.4, -0.2) is 55.7 Å². The number of nitrogens with one attached hydrogen (secondary N) is 3. The number of alkyl carbamates (subject to hydrolysis) is 1. The molecule has 3 N–H and O–H groups in total. The van der Waals surface area contributed by atoms with Crippen LogP contribution in [0.1, 0.15) is 43.7 Å². The van der Waals surface area contributed by atoms with Crippen molar-refractivity contribution in [1.29, 1.82) is 0 Å². The number of fused-ring (bicyclic) bond motifs is 1. The summed E-state index contributed by atoms with van der Waals surface area (Å²) in [6.07, 6.45) is 4.51. The van der Waals surface area contributed by atoms with Gasteiger partial charge in [0.05, 0.1) is 24.6 Å². The number of amides is 1. The van der Waals surface area contributed by atoms with Crippen molar-refractivity contribution in [3.05, 3.63) is 35.9 Å². The van der Waals surface area contributed by atoms with Gasteiger partial charge in [-0.15, -0.1) is 0 Å². The molecule has 2 aliphatic rings. The fourth-order valence-corrected chi connectivity index (χ4v) is 3.61. The van der Waals surface area contributed by atoms with Gasteiger partial charge in [-0.2, -0.15) is 19.0 Å². The number of alkyl halides is 2. The number of hydrogen-bond donors (Lipinski definition) is 3. The van der Waals surface area contributed by atoms with Crippen LogP contribution >= 0.6 is 0 Å². The van der Waals surface area contributed by atoms with E-state index in [4.69, 9.17) is 9.47 Å². The Balaban J connectivity index is 1.20. The molecule has 3 aromatic heterocycles. The Bertz CT molecular complexity index is 1150. The zero-order valence-electron chi connectivity index (χ0n) is 17.8. The van der Waals surface area contributed by atoms with Gasteiger partial charge in [-0.25, -0.2) is 14.3 Å². The van der Waals surface area contributed by atoms with Crippen molar-refractivity contribution in [2.45, 2.75) is 57.2 Å². The maximum absolute atomic E-state index is 12.3. The number of aromatic amines is 1. The Hall–Kier alpha value is -3.32. The molecule has 0 unspecified atom stereocenters. The second-order valence-electron chi connectivity index (χ2n) is 8.42. The number of anilines is 2. The predicted octanol–water partition coefficient (Wildman–Crippen LogP) is 3.04. The molecule has 5 rings (SSSR count). The largest absolute Gasteiger partial charge is 0.444 e. The molecule has 3 aromatic rings. The molecule has 0 spiro atoms. The van der Waals surface area contributed by atoms with Gasteiger partial charge in [0, 0.05) is 30.4 Å². The number of ether oxygens (including phenoxy) is 3. The molecule has 2 fully saturated rings. The molecule has 11 nitrogen and oxygen atoms in total. The van der Waals surface area contributed by atoms with Crippen LogP contribution in [0.25, 0.3) is 5.52 Å². The molecular weight excluding hydrogens is 440 g/mol. The third-order valence-electron chi connectivity index (χ3n) is 5.63. The van der Waals surface area contributed by atoms with Gasteiger partial charge in [-0.1, -0.05) is 0 Å². The van der Waals surface area contributed by atoms with Crippen LogP contribution in [0.15, 0.2) is 24.5 Å². The van der Waals surface area contributed by atoms with E-state index in [0.29, 0.717) is 35.9 Å². The minimum atomic E-state index is -2.87. The molecule has 1 aliphatic heterocycles. The summed E-state index contributed by atoms with van der Waals surface area (Å²) in [5.74, 6) is 0.940. The highest BCUT2D eigenvalue weighted by Gasteiger charge is 2.40. The Morgan fingerprint density at radius 2 is 2.27 bits per heavy atom. The summed E-state index contributed by atoms with van der Waals surface area (Å²) >= 11 is 0. The quantitative estimate of drug-likeness (QED) is 0.465. The first-order valence-electron chi connectivity index (χ1n) is 10.5. The van der Waals surface area contributed by atoms with Crippen molar-refractivity contribution < 1.29 is 27.8 Å². The van der Waals surface area contributed by atoms with E-state index in [1.54, 1.807) is 18.3 Å². The van der Waals surface area contributed by atoms with Crippen molar-refractivity contribution in [2.75, 3.05) is 11.9 Å². The number of rotatable bonds is 8. The standard InChI is InChI=1S/C20H23F2N7O4/c1-20(2-3-20)25-19(30)33-12-7-15(31-10-12)13-8-16(27-26-13)24-17-14-6-11(9-32-18(21)22)28-29(14)5-4-23-17/h4-6,8,12,15,18H,2-3,7,9-10H2,1H3,(H,25,30)(H2,23,24,26,27)/t12-,15-/m1/s1. The molecule has 0 bridgehead atoms. The summed E-state index contributed by atoms with van der Waals surface area (Å²) < 4.78 is 41.7. The van der Waals surface area contributed by atoms with Gasteiger partial charge in [0.1, 0.15) is 17.7 Å². The SMILES string of the molecule is CC1(NC(=O)O[C@H]2CO[C@@H](c3cc(Nc4nccn5nc(COC(F)F)cc45)n[nH]3)C2)CC1. The Morgan fingerprint density at radius 3 is 3.06 bits per heavy atom. The van der Waals surface area contributed by atoms with Crippen LogP contribution in [0.4, 0.5) is 25.2 Å². The number of halogens is 2. The summed E-state index contributed by atoms with van der Waals surface area (Å²) in [7, 11) is 0. The van der Waals surface area contributed by atoms with E-state index in [1.165, 1.54) is 10.7 Å². The monoisotopic (exact) mass is 463 g/mol. The fraction of sp³-hybridized carbons (Fsp3) is 0.500. The first-order chi connectivity index (χ1) is 15.9. The van der Waals surface area contributed by atoms with Crippen molar-refractivity contribution in [2.24, 2.45) is 0 Å². The molecule has 2 atom stereocenters. The van der Waals surface area contributed by atoms with E-state index in [2.05, 4.69) is 35.7 Å². The van der Waals surface area contributed by atoms with Crippen LogP contribution in [0, 0.1) is 0 Å². The molecule has 1 amide bonds.